The lowest BCUT2D eigenvalue weighted by molar-refractivity contribution is -0.143. The number of hydrogen-bond donors (Lipinski definition) is 1. The Morgan fingerprint density at radius 1 is 1.37 bits per heavy atom. The zero-order chi connectivity index (χ0) is 14.0. The van der Waals surface area contributed by atoms with Crippen LogP contribution >= 0.6 is 0 Å². The number of hydrogen-bond acceptors (Lipinski definition) is 2. The summed E-state index contributed by atoms with van der Waals surface area (Å²) in [6.07, 6.45) is 1.25. The monoisotopic (exact) mass is 265 g/mol. The molecule has 0 radical (unpaired) electrons. The molecular weight excluding hydrogens is 249 g/mol. The number of rotatable bonds is 2. The van der Waals surface area contributed by atoms with Gasteiger partial charge in [0.15, 0.2) is 0 Å². The third kappa shape index (κ3) is 3.10. The summed E-state index contributed by atoms with van der Waals surface area (Å²) in [6, 6.07) is 4.17. The van der Waals surface area contributed by atoms with Crippen LogP contribution in [0.25, 0.3) is 0 Å². The van der Waals surface area contributed by atoms with Gasteiger partial charge in [0.25, 0.3) is 5.91 Å². The zero-order valence-corrected chi connectivity index (χ0v) is 10.7. The van der Waals surface area contributed by atoms with Crippen molar-refractivity contribution in [3.05, 3.63) is 35.1 Å². The van der Waals surface area contributed by atoms with Crippen molar-refractivity contribution in [2.75, 3.05) is 13.1 Å². The number of aryl methyl sites for hydroxylation is 1. The van der Waals surface area contributed by atoms with E-state index in [1.54, 1.807) is 13.0 Å². The summed E-state index contributed by atoms with van der Waals surface area (Å²) in [5, 5.41) is 9.00. The number of likely N-dealkylation sites (tertiary alicyclic amines) is 1. The van der Waals surface area contributed by atoms with Crippen molar-refractivity contribution in [3.63, 3.8) is 0 Å². The third-order valence-electron chi connectivity index (χ3n) is 3.35. The summed E-state index contributed by atoms with van der Waals surface area (Å²) in [5.41, 5.74) is 0.957. The van der Waals surface area contributed by atoms with Gasteiger partial charge in [0.2, 0.25) is 0 Å². The molecule has 2 rings (SSSR count). The van der Waals surface area contributed by atoms with E-state index in [9.17, 15) is 14.0 Å². The number of nitrogens with zero attached hydrogens (tertiary/aromatic N) is 1. The van der Waals surface area contributed by atoms with Gasteiger partial charge in [-0.1, -0.05) is 0 Å². The summed E-state index contributed by atoms with van der Waals surface area (Å²) < 4.78 is 13.3. The van der Waals surface area contributed by atoms with Crippen molar-refractivity contribution >= 4 is 11.9 Å². The Hall–Kier alpha value is -1.91. The van der Waals surface area contributed by atoms with Gasteiger partial charge in [0.1, 0.15) is 5.82 Å². The predicted octanol–water partition coefficient (Wildman–Crippen LogP) is 2.07. The maximum absolute atomic E-state index is 13.3. The largest absolute Gasteiger partial charge is 0.481 e. The maximum Gasteiger partial charge on any atom is 0.308 e. The van der Waals surface area contributed by atoms with Crippen molar-refractivity contribution in [2.24, 2.45) is 5.92 Å². The molecule has 102 valence electrons. The molecule has 1 amide bonds. The number of piperidine rings is 1. The number of halogens is 1. The van der Waals surface area contributed by atoms with Crippen molar-refractivity contribution in [1.82, 2.24) is 4.90 Å². The van der Waals surface area contributed by atoms with Gasteiger partial charge in [-0.15, -0.1) is 0 Å². The fourth-order valence-electron chi connectivity index (χ4n) is 2.41. The molecule has 0 saturated carbocycles. The Balaban J connectivity index is 2.16. The van der Waals surface area contributed by atoms with Crippen LogP contribution in [0.4, 0.5) is 4.39 Å². The standard InChI is InChI=1S/C14H16FNO3/c1-9-5-11(7-12(15)6-9)13(17)16-4-2-3-10(8-16)14(18)19/h5-7,10H,2-4,8H2,1H3,(H,18,19). The smallest absolute Gasteiger partial charge is 0.308 e. The van der Waals surface area contributed by atoms with Crippen LogP contribution in [-0.4, -0.2) is 35.0 Å². The van der Waals surface area contributed by atoms with E-state index in [1.807, 2.05) is 0 Å². The molecule has 0 spiro atoms. The molecule has 0 aliphatic carbocycles. The number of carboxylic acids is 1. The van der Waals surface area contributed by atoms with Crippen molar-refractivity contribution in [2.45, 2.75) is 19.8 Å². The summed E-state index contributed by atoms with van der Waals surface area (Å²) >= 11 is 0. The molecule has 5 heteroatoms. The molecular formula is C14H16FNO3. The van der Waals surface area contributed by atoms with Crippen molar-refractivity contribution in [3.8, 4) is 0 Å². The first-order chi connectivity index (χ1) is 8.97. The molecule has 19 heavy (non-hydrogen) atoms. The number of amides is 1. The van der Waals surface area contributed by atoms with Gasteiger partial charge in [-0.25, -0.2) is 4.39 Å². The molecule has 4 nitrogen and oxygen atoms in total. The number of carboxylic acid groups (broad SMARTS) is 1. The van der Waals surface area contributed by atoms with Gasteiger partial charge in [0, 0.05) is 18.7 Å². The number of benzene rings is 1. The van der Waals surface area contributed by atoms with Crippen molar-refractivity contribution in [1.29, 1.82) is 0 Å². The summed E-state index contributed by atoms with van der Waals surface area (Å²) in [4.78, 5) is 24.7. The number of carbonyl (C=O) groups is 2. The first-order valence-electron chi connectivity index (χ1n) is 6.26. The first kappa shape index (κ1) is 13.5. The molecule has 1 saturated heterocycles. The van der Waals surface area contributed by atoms with Gasteiger partial charge in [0.05, 0.1) is 5.92 Å². The maximum atomic E-state index is 13.3. The molecule has 1 aliphatic rings. The average Bonchev–Trinajstić information content (AvgIpc) is 2.37. The van der Waals surface area contributed by atoms with E-state index < -0.39 is 17.7 Å². The van der Waals surface area contributed by atoms with E-state index in [0.29, 0.717) is 24.9 Å². The Morgan fingerprint density at radius 3 is 2.74 bits per heavy atom. The van der Waals surface area contributed by atoms with E-state index in [-0.39, 0.29) is 18.0 Å². The summed E-state index contributed by atoms with van der Waals surface area (Å²) in [7, 11) is 0. The van der Waals surface area contributed by atoms with Crippen LogP contribution in [0, 0.1) is 18.7 Å². The molecule has 1 aromatic carbocycles. The molecule has 1 aliphatic heterocycles. The minimum Gasteiger partial charge on any atom is -0.481 e. The molecule has 0 bridgehead atoms. The average molecular weight is 265 g/mol. The van der Waals surface area contributed by atoms with Crippen LogP contribution < -0.4 is 0 Å². The fraction of sp³-hybridized carbons (Fsp3) is 0.429. The molecule has 1 unspecified atom stereocenters. The minimum absolute atomic E-state index is 0.198. The van der Waals surface area contributed by atoms with Gasteiger partial charge < -0.3 is 10.0 Å². The highest BCUT2D eigenvalue weighted by atomic mass is 19.1. The van der Waals surface area contributed by atoms with Gasteiger partial charge in [-0.05, 0) is 43.5 Å². The Kier molecular flexibility index (Phi) is 3.83. The second kappa shape index (κ2) is 5.38. The highest BCUT2D eigenvalue weighted by molar-refractivity contribution is 5.94. The van der Waals surface area contributed by atoms with Crippen LogP contribution in [0.2, 0.25) is 0 Å². The predicted molar refractivity (Wildman–Crippen MR) is 67.4 cm³/mol. The van der Waals surface area contributed by atoms with Crippen LogP contribution in [0.1, 0.15) is 28.8 Å². The quantitative estimate of drug-likeness (QED) is 0.890. The highest BCUT2D eigenvalue weighted by Crippen LogP contribution is 2.19. The SMILES string of the molecule is Cc1cc(F)cc(C(=O)N2CCCC(C(=O)O)C2)c1. The van der Waals surface area contributed by atoms with Gasteiger partial charge in [-0.2, -0.15) is 0 Å². The van der Waals surface area contributed by atoms with Gasteiger partial charge >= 0.3 is 5.97 Å². The number of aliphatic carboxylic acids is 1. The van der Waals surface area contributed by atoms with E-state index in [2.05, 4.69) is 0 Å². The minimum atomic E-state index is -0.882. The lowest BCUT2D eigenvalue weighted by Gasteiger charge is -2.30. The van der Waals surface area contributed by atoms with Crippen LogP contribution in [0.15, 0.2) is 18.2 Å². The summed E-state index contributed by atoms with van der Waals surface area (Å²) in [5.74, 6) is -2.15. The van der Waals surface area contributed by atoms with Gasteiger partial charge in [-0.3, -0.25) is 9.59 Å². The molecule has 0 aromatic heterocycles. The Morgan fingerprint density at radius 2 is 2.11 bits per heavy atom. The molecule has 1 N–H and O–H groups in total. The van der Waals surface area contributed by atoms with E-state index in [1.165, 1.54) is 17.0 Å². The van der Waals surface area contributed by atoms with E-state index in [0.717, 1.165) is 0 Å². The third-order valence-corrected chi connectivity index (χ3v) is 3.35. The van der Waals surface area contributed by atoms with Crippen LogP contribution in [-0.2, 0) is 4.79 Å². The van der Waals surface area contributed by atoms with Crippen molar-refractivity contribution < 1.29 is 19.1 Å². The van der Waals surface area contributed by atoms with Crippen LogP contribution in [0.5, 0.6) is 0 Å². The normalized spacial score (nSPS) is 19.3. The van der Waals surface area contributed by atoms with E-state index in [4.69, 9.17) is 5.11 Å². The zero-order valence-electron chi connectivity index (χ0n) is 10.7. The second-order valence-electron chi connectivity index (χ2n) is 4.95. The Labute approximate surface area is 110 Å². The lowest BCUT2D eigenvalue weighted by Crippen LogP contribution is -2.42. The van der Waals surface area contributed by atoms with Crippen LogP contribution in [0.3, 0.4) is 0 Å². The number of carbonyl (C=O) groups excluding carboxylic acids is 1. The second-order valence-corrected chi connectivity index (χ2v) is 4.95. The topological polar surface area (TPSA) is 57.6 Å². The summed E-state index contributed by atoms with van der Waals surface area (Å²) in [6.45, 7) is 2.44. The first-order valence-corrected chi connectivity index (χ1v) is 6.26. The molecule has 1 fully saturated rings. The fourth-order valence-corrected chi connectivity index (χ4v) is 2.41. The lowest BCUT2D eigenvalue weighted by atomic mass is 9.97. The highest BCUT2D eigenvalue weighted by Gasteiger charge is 2.28. The molecule has 1 heterocycles. The molecule has 1 aromatic rings. The Bertz CT molecular complexity index is 495. The molecule has 1 atom stereocenters. The van der Waals surface area contributed by atoms with E-state index >= 15 is 0 Å².